The molecule has 0 saturated carbocycles. The van der Waals surface area contributed by atoms with Gasteiger partial charge in [0.15, 0.2) is 5.09 Å². The van der Waals surface area contributed by atoms with E-state index in [4.69, 9.17) is 4.42 Å². The highest BCUT2D eigenvalue weighted by atomic mass is 32.1. The van der Waals surface area contributed by atoms with E-state index < -0.39 is 0 Å². The van der Waals surface area contributed by atoms with Crippen molar-refractivity contribution in [2.75, 3.05) is 0 Å². The number of hydrogen-bond acceptors (Lipinski definition) is 2. The van der Waals surface area contributed by atoms with Crippen molar-refractivity contribution in [3.8, 4) is 0 Å². The molecule has 13 heavy (non-hydrogen) atoms. The van der Waals surface area contributed by atoms with Crippen LogP contribution in [0.5, 0.6) is 0 Å². The van der Waals surface area contributed by atoms with Crippen molar-refractivity contribution in [2.45, 2.75) is 11.5 Å². The van der Waals surface area contributed by atoms with Crippen molar-refractivity contribution in [1.29, 1.82) is 0 Å². The molecule has 0 bridgehead atoms. The SMILES string of the molecule is C=CCc1c(S)oc2ccccc12. The van der Waals surface area contributed by atoms with Gasteiger partial charge in [-0.05, 0) is 12.5 Å². The summed E-state index contributed by atoms with van der Waals surface area (Å²) in [6, 6.07) is 7.94. The third kappa shape index (κ3) is 1.38. The summed E-state index contributed by atoms with van der Waals surface area (Å²) < 4.78 is 5.47. The smallest absolute Gasteiger partial charge is 0.162 e. The summed E-state index contributed by atoms with van der Waals surface area (Å²) in [4.78, 5) is 0. The average Bonchev–Trinajstić information content (AvgIpc) is 2.44. The molecule has 2 rings (SSSR count). The van der Waals surface area contributed by atoms with Gasteiger partial charge in [-0.3, -0.25) is 0 Å². The maximum absolute atomic E-state index is 5.47. The predicted octanol–water partition coefficient (Wildman–Crippen LogP) is 3.45. The van der Waals surface area contributed by atoms with Gasteiger partial charge in [0.25, 0.3) is 0 Å². The number of furan rings is 1. The molecule has 0 fully saturated rings. The van der Waals surface area contributed by atoms with Gasteiger partial charge in [-0.1, -0.05) is 24.3 Å². The van der Waals surface area contributed by atoms with E-state index in [2.05, 4.69) is 19.2 Å². The van der Waals surface area contributed by atoms with E-state index in [0.29, 0.717) is 5.09 Å². The van der Waals surface area contributed by atoms with Gasteiger partial charge < -0.3 is 4.42 Å². The Balaban J connectivity index is 2.70. The molecule has 1 heterocycles. The average molecular weight is 190 g/mol. The van der Waals surface area contributed by atoms with Crippen LogP contribution in [0.2, 0.25) is 0 Å². The molecular weight excluding hydrogens is 180 g/mol. The Bertz CT molecular complexity index is 442. The number of fused-ring (bicyclic) bond motifs is 1. The first-order chi connectivity index (χ1) is 6.33. The van der Waals surface area contributed by atoms with Crippen LogP contribution in [0, 0.1) is 0 Å². The molecule has 2 aromatic rings. The summed E-state index contributed by atoms with van der Waals surface area (Å²) in [7, 11) is 0. The van der Waals surface area contributed by atoms with E-state index in [9.17, 15) is 0 Å². The Labute approximate surface area is 82.5 Å². The minimum atomic E-state index is 0.695. The van der Waals surface area contributed by atoms with Crippen molar-refractivity contribution < 1.29 is 4.42 Å². The van der Waals surface area contributed by atoms with Crippen LogP contribution in [-0.2, 0) is 6.42 Å². The molecule has 1 aromatic carbocycles. The van der Waals surface area contributed by atoms with Gasteiger partial charge in [0.05, 0.1) is 0 Å². The van der Waals surface area contributed by atoms with Gasteiger partial charge in [0.1, 0.15) is 5.58 Å². The van der Waals surface area contributed by atoms with Crippen LogP contribution >= 0.6 is 12.6 Å². The summed E-state index contributed by atoms with van der Waals surface area (Å²) in [5.74, 6) is 0. The first-order valence-electron chi connectivity index (χ1n) is 4.13. The Morgan fingerprint density at radius 2 is 2.15 bits per heavy atom. The summed E-state index contributed by atoms with van der Waals surface area (Å²) in [5.41, 5.74) is 2.01. The predicted molar refractivity (Wildman–Crippen MR) is 57.4 cm³/mol. The number of benzene rings is 1. The molecule has 66 valence electrons. The quantitative estimate of drug-likeness (QED) is 0.565. The molecule has 0 unspecified atom stereocenters. The van der Waals surface area contributed by atoms with Crippen LogP contribution in [0.25, 0.3) is 11.0 Å². The summed E-state index contributed by atoms with van der Waals surface area (Å²) in [6.07, 6.45) is 2.66. The molecule has 0 aliphatic rings. The molecule has 0 aliphatic carbocycles. The minimum absolute atomic E-state index is 0.695. The van der Waals surface area contributed by atoms with Crippen LogP contribution in [-0.4, -0.2) is 0 Å². The van der Waals surface area contributed by atoms with Gasteiger partial charge in [-0.2, -0.15) is 0 Å². The topological polar surface area (TPSA) is 13.1 Å². The maximum atomic E-state index is 5.47. The highest BCUT2D eigenvalue weighted by molar-refractivity contribution is 7.80. The second kappa shape index (κ2) is 3.30. The molecule has 0 aliphatic heterocycles. The van der Waals surface area contributed by atoms with E-state index in [1.54, 1.807) is 0 Å². The lowest BCUT2D eigenvalue weighted by Crippen LogP contribution is -1.77. The lowest BCUT2D eigenvalue weighted by Gasteiger charge is -1.91. The minimum Gasteiger partial charge on any atom is -0.450 e. The molecule has 0 radical (unpaired) electrons. The zero-order chi connectivity index (χ0) is 9.26. The number of hydrogen-bond donors (Lipinski definition) is 1. The van der Waals surface area contributed by atoms with E-state index in [1.807, 2.05) is 30.3 Å². The van der Waals surface area contributed by atoms with Crippen molar-refractivity contribution in [1.82, 2.24) is 0 Å². The number of allylic oxidation sites excluding steroid dienone is 1. The van der Waals surface area contributed by atoms with Crippen LogP contribution in [0.15, 0.2) is 46.4 Å². The van der Waals surface area contributed by atoms with Crippen LogP contribution in [0.1, 0.15) is 5.56 Å². The normalized spacial score (nSPS) is 10.5. The van der Waals surface area contributed by atoms with E-state index >= 15 is 0 Å². The lowest BCUT2D eigenvalue weighted by molar-refractivity contribution is 0.510. The molecular formula is C11H10OS. The zero-order valence-electron chi connectivity index (χ0n) is 7.16. The number of thiol groups is 1. The monoisotopic (exact) mass is 190 g/mol. The summed E-state index contributed by atoms with van der Waals surface area (Å²) in [6.45, 7) is 3.71. The Kier molecular flexibility index (Phi) is 2.15. The summed E-state index contributed by atoms with van der Waals surface area (Å²) in [5, 5.41) is 1.83. The summed E-state index contributed by atoms with van der Waals surface area (Å²) >= 11 is 4.28. The molecule has 0 N–H and O–H groups in total. The fraction of sp³-hybridized carbons (Fsp3) is 0.0909. The van der Waals surface area contributed by atoms with E-state index in [1.165, 1.54) is 0 Å². The van der Waals surface area contributed by atoms with Gasteiger partial charge in [0.2, 0.25) is 0 Å². The molecule has 0 saturated heterocycles. The third-order valence-electron chi connectivity index (χ3n) is 2.03. The first kappa shape index (κ1) is 8.45. The lowest BCUT2D eigenvalue weighted by atomic mass is 10.1. The van der Waals surface area contributed by atoms with Gasteiger partial charge in [0, 0.05) is 10.9 Å². The van der Waals surface area contributed by atoms with Crippen LogP contribution in [0.3, 0.4) is 0 Å². The van der Waals surface area contributed by atoms with E-state index in [-0.39, 0.29) is 0 Å². The molecule has 2 heteroatoms. The fourth-order valence-electron chi connectivity index (χ4n) is 1.43. The molecule has 0 atom stereocenters. The van der Waals surface area contributed by atoms with Crippen molar-refractivity contribution in [3.05, 3.63) is 42.5 Å². The molecule has 1 nitrogen and oxygen atoms in total. The Morgan fingerprint density at radius 1 is 1.38 bits per heavy atom. The van der Waals surface area contributed by atoms with Crippen LogP contribution < -0.4 is 0 Å². The highest BCUT2D eigenvalue weighted by Crippen LogP contribution is 2.28. The molecule has 1 aromatic heterocycles. The van der Waals surface area contributed by atoms with Crippen molar-refractivity contribution >= 4 is 23.6 Å². The zero-order valence-corrected chi connectivity index (χ0v) is 8.05. The highest BCUT2D eigenvalue weighted by Gasteiger charge is 2.08. The van der Waals surface area contributed by atoms with E-state index in [0.717, 1.165) is 23.0 Å². The maximum Gasteiger partial charge on any atom is 0.162 e. The van der Waals surface area contributed by atoms with Gasteiger partial charge >= 0.3 is 0 Å². The second-order valence-electron chi connectivity index (χ2n) is 2.87. The standard InChI is InChI=1S/C11H10OS/c1-2-5-9-8-6-3-4-7-10(8)12-11(9)13/h2-4,6-7,13H,1,5H2. The van der Waals surface area contributed by atoms with Gasteiger partial charge in [-0.15, -0.1) is 19.2 Å². The number of rotatable bonds is 2. The van der Waals surface area contributed by atoms with Crippen LogP contribution in [0.4, 0.5) is 0 Å². The Morgan fingerprint density at radius 3 is 2.92 bits per heavy atom. The first-order valence-corrected chi connectivity index (χ1v) is 4.58. The van der Waals surface area contributed by atoms with Crippen molar-refractivity contribution in [2.24, 2.45) is 0 Å². The van der Waals surface area contributed by atoms with Gasteiger partial charge in [-0.25, -0.2) is 0 Å². The molecule has 0 spiro atoms. The second-order valence-corrected chi connectivity index (χ2v) is 3.28. The third-order valence-corrected chi connectivity index (χ3v) is 2.39. The molecule has 0 amide bonds. The van der Waals surface area contributed by atoms with Crippen molar-refractivity contribution in [3.63, 3.8) is 0 Å². The Hall–Kier alpha value is -1.15. The largest absolute Gasteiger partial charge is 0.450 e. The fourth-order valence-corrected chi connectivity index (χ4v) is 1.74. The number of para-hydroxylation sites is 1.